The highest BCUT2D eigenvalue weighted by Gasteiger charge is 2.14. The van der Waals surface area contributed by atoms with Gasteiger partial charge in [0.05, 0.1) is 17.7 Å². The lowest BCUT2D eigenvalue weighted by molar-refractivity contribution is 0.0698. The van der Waals surface area contributed by atoms with Crippen molar-refractivity contribution in [3.63, 3.8) is 0 Å². The van der Waals surface area contributed by atoms with Crippen molar-refractivity contribution in [3.8, 4) is 0 Å². The van der Waals surface area contributed by atoms with Crippen LogP contribution in [0, 0.1) is 0 Å². The van der Waals surface area contributed by atoms with E-state index >= 15 is 0 Å². The fourth-order valence-electron chi connectivity index (χ4n) is 1.98. The molecule has 0 fully saturated rings. The summed E-state index contributed by atoms with van der Waals surface area (Å²) in [5, 5.41) is 19.1. The Kier molecular flexibility index (Phi) is 2.66. The van der Waals surface area contributed by atoms with Crippen LogP contribution in [0.25, 0.3) is 10.9 Å². The number of fused-ring (bicyclic) bond motifs is 1. The number of benzene rings is 1. The third-order valence-corrected chi connectivity index (χ3v) is 2.72. The molecule has 1 heterocycles. The van der Waals surface area contributed by atoms with E-state index in [1.54, 1.807) is 18.3 Å². The van der Waals surface area contributed by atoms with Crippen molar-refractivity contribution in [1.29, 1.82) is 0 Å². The normalized spacial score (nSPS) is 10.9. The maximum absolute atomic E-state index is 11.1. The van der Waals surface area contributed by atoms with Gasteiger partial charge in [0.1, 0.15) is 0 Å². The van der Waals surface area contributed by atoms with Crippen LogP contribution in [0.1, 0.15) is 22.8 Å². The molecule has 16 heavy (non-hydrogen) atoms. The average molecular weight is 219 g/mol. The number of aliphatic hydroxyl groups excluding tert-OH is 1. The quantitative estimate of drug-likeness (QED) is 0.828. The Bertz CT molecular complexity index is 542. The molecule has 0 saturated carbocycles. The van der Waals surface area contributed by atoms with Crippen LogP contribution in [-0.4, -0.2) is 20.7 Å². The topological polar surface area (TPSA) is 62.5 Å². The summed E-state index contributed by atoms with van der Waals surface area (Å²) in [4.78, 5) is 11.1. The second-order valence-electron chi connectivity index (χ2n) is 3.61. The maximum atomic E-state index is 11.1. The highest BCUT2D eigenvalue weighted by atomic mass is 16.4. The molecule has 2 rings (SSSR count). The maximum Gasteiger partial charge on any atom is 0.337 e. The standard InChI is InChI=1S/C12H13NO3/c1-2-13-6-8(7-14)9-4-3-5-10(11(9)13)12(15)16/h3-6,14H,2,7H2,1H3,(H,15,16). The Balaban J connectivity index is 2.84. The molecule has 0 spiro atoms. The Labute approximate surface area is 92.7 Å². The van der Waals surface area contributed by atoms with E-state index in [1.165, 1.54) is 0 Å². The Hall–Kier alpha value is -1.81. The predicted octanol–water partition coefficient (Wildman–Crippen LogP) is 1.85. The highest BCUT2D eigenvalue weighted by molar-refractivity contribution is 6.03. The molecule has 0 radical (unpaired) electrons. The average Bonchev–Trinajstić information content (AvgIpc) is 2.66. The van der Waals surface area contributed by atoms with Gasteiger partial charge >= 0.3 is 5.97 Å². The molecule has 84 valence electrons. The first-order valence-electron chi connectivity index (χ1n) is 5.14. The molecular weight excluding hydrogens is 206 g/mol. The number of hydrogen-bond donors (Lipinski definition) is 2. The number of rotatable bonds is 3. The summed E-state index contributed by atoms with van der Waals surface area (Å²) in [6.45, 7) is 2.55. The minimum absolute atomic E-state index is 0.0768. The molecule has 0 aliphatic heterocycles. The van der Waals surface area contributed by atoms with Gasteiger partial charge in [-0.3, -0.25) is 0 Å². The van der Waals surface area contributed by atoms with Gasteiger partial charge in [-0.2, -0.15) is 0 Å². The third-order valence-electron chi connectivity index (χ3n) is 2.72. The van der Waals surface area contributed by atoms with E-state index in [-0.39, 0.29) is 12.2 Å². The van der Waals surface area contributed by atoms with Crippen LogP contribution < -0.4 is 0 Å². The Morgan fingerprint density at radius 3 is 2.75 bits per heavy atom. The van der Waals surface area contributed by atoms with E-state index in [9.17, 15) is 9.90 Å². The minimum atomic E-state index is -0.942. The van der Waals surface area contributed by atoms with Crippen molar-refractivity contribution >= 4 is 16.9 Å². The smallest absolute Gasteiger partial charge is 0.337 e. The van der Waals surface area contributed by atoms with Gasteiger partial charge in [-0.05, 0) is 13.0 Å². The number of aryl methyl sites for hydroxylation is 1. The molecule has 4 heteroatoms. The Morgan fingerprint density at radius 2 is 2.19 bits per heavy atom. The molecule has 2 aromatic rings. The first-order chi connectivity index (χ1) is 7.69. The number of hydrogen-bond acceptors (Lipinski definition) is 2. The second-order valence-corrected chi connectivity index (χ2v) is 3.61. The van der Waals surface area contributed by atoms with Gasteiger partial charge in [0, 0.05) is 23.7 Å². The molecule has 0 saturated heterocycles. The number of aromatic nitrogens is 1. The number of carbonyl (C=O) groups is 1. The van der Waals surface area contributed by atoms with E-state index < -0.39 is 5.97 Å². The lowest BCUT2D eigenvalue weighted by Gasteiger charge is -2.03. The van der Waals surface area contributed by atoms with Crippen LogP contribution in [-0.2, 0) is 13.2 Å². The van der Waals surface area contributed by atoms with Crippen molar-refractivity contribution in [2.24, 2.45) is 0 Å². The van der Waals surface area contributed by atoms with Crippen LogP contribution >= 0.6 is 0 Å². The van der Waals surface area contributed by atoms with Crippen molar-refractivity contribution in [2.75, 3.05) is 0 Å². The first-order valence-corrected chi connectivity index (χ1v) is 5.14. The molecule has 0 aliphatic carbocycles. The van der Waals surface area contributed by atoms with Crippen LogP contribution in [0.2, 0.25) is 0 Å². The van der Waals surface area contributed by atoms with Crippen LogP contribution in [0.15, 0.2) is 24.4 Å². The van der Waals surface area contributed by atoms with Gasteiger partial charge in [-0.1, -0.05) is 12.1 Å². The lowest BCUT2D eigenvalue weighted by Crippen LogP contribution is -2.01. The van der Waals surface area contributed by atoms with E-state index in [1.807, 2.05) is 17.6 Å². The fraction of sp³-hybridized carbons (Fsp3) is 0.250. The molecule has 0 aliphatic rings. The summed E-state index contributed by atoms with van der Waals surface area (Å²) in [7, 11) is 0. The monoisotopic (exact) mass is 219 g/mol. The molecule has 0 amide bonds. The van der Waals surface area contributed by atoms with Crippen LogP contribution in [0.4, 0.5) is 0 Å². The largest absolute Gasteiger partial charge is 0.478 e. The zero-order valence-corrected chi connectivity index (χ0v) is 8.97. The van der Waals surface area contributed by atoms with E-state index in [0.29, 0.717) is 12.1 Å². The van der Waals surface area contributed by atoms with Crippen molar-refractivity contribution in [1.82, 2.24) is 4.57 Å². The molecule has 1 aromatic heterocycles. The Morgan fingerprint density at radius 1 is 1.44 bits per heavy atom. The van der Waals surface area contributed by atoms with Gasteiger partial charge in [-0.15, -0.1) is 0 Å². The lowest BCUT2D eigenvalue weighted by atomic mass is 10.1. The predicted molar refractivity (Wildman–Crippen MR) is 60.5 cm³/mol. The summed E-state index contributed by atoms with van der Waals surface area (Å²) >= 11 is 0. The van der Waals surface area contributed by atoms with Gasteiger partial charge in [0.15, 0.2) is 0 Å². The fourth-order valence-corrected chi connectivity index (χ4v) is 1.98. The summed E-state index contributed by atoms with van der Waals surface area (Å²) in [6, 6.07) is 5.11. The third kappa shape index (κ3) is 1.47. The van der Waals surface area contributed by atoms with Gasteiger partial charge in [0.25, 0.3) is 0 Å². The summed E-state index contributed by atoms with van der Waals surface area (Å²) < 4.78 is 1.85. The van der Waals surface area contributed by atoms with Crippen LogP contribution in [0.3, 0.4) is 0 Å². The first kappa shape index (κ1) is 10.7. The van der Waals surface area contributed by atoms with Crippen molar-refractivity contribution in [2.45, 2.75) is 20.1 Å². The van der Waals surface area contributed by atoms with Crippen molar-refractivity contribution < 1.29 is 15.0 Å². The highest BCUT2D eigenvalue weighted by Crippen LogP contribution is 2.25. The van der Waals surface area contributed by atoms with Crippen LogP contribution in [0.5, 0.6) is 0 Å². The number of aromatic carboxylic acids is 1. The number of carboxylic acids is 1. The molecule has 0 unspecified atom stereocenters. The molecular formula is C12H13NO3. The second kappa shape index (κ2) is 3.98. The summed E-state index contributed by atoms with van der Waals surface area (Å²) in [6.07, 6.45) is 1.80. The van der Waals surface area contributed by atoms with Gasteiger partial charge in [-0.25, -0.2) is 4.79 Å². The van der Waals surface area contributed by atoms with E-state index in [0.717, 1.165) is 10.9 Å². The molecule has 0 atom stereocenters. The molecule has 4 nitrogen and oxygen atoms in total. The molecule has 2 N–H and O–H groups in total. The number of para-hydroxylation sites is 1. The number of aliphatic hydroxyl groups is 1. The zero-order valence-electron chi connectivity index (χ0n) is 8.97. The van der Waals surface area contributed by atoms with Gasteiger partial charge < -0.3 is 14.8 Å². The number of nitrogens with zero attached hydrogens (tertiary/aromatic N) is 1. The van der Waals surface area contributed by atoms with Crippen molar-refractivity contribution in [3.05, 3.63) is 35.5 Å². The minimum Gasteiger partial charge on any atom is -0.478 e. The SMILES string of the molecule is CCn1cc(CO)c2cccc(C(=O)O)c21. The summed E-state index contributed by atoms with van der Waals surface area (Å²) in [5.74, 6) is -0.942. The molecule has 1 aromatic carbocycles. The van der Waals surface area contributed by atoms with E-state index in [2.05, 4.69) is 0 Å². The summed E-state index contributed by atoms with van der Waals surface area (Å²) in [5.41, 5.74) is 1.72. The van der Waals surface area contributed by atoms with E-state index in [4.69, 9.17) is 5.11 Å². The van der Waals surface area contributed by atoms with Gasteiger partial charge in [0.2, 0.25) is 0 Å². The number of carboxylic acid groups (broad SMARTS) is 1. The molecule has 0 bridgehead atoms. The zero-order chi connectivity index (χ0) is 11.7.